The number of rotatable bonds is 23. The summed E-state index contributed by atoms with van der Waals surface area (Å²) in [5.74, 6) is 5.18. The lowest BCUT2D eigenvalue weighted by Crippen LogP contribution is -2.41. The fourth-order valence-corrected chi connectivity index (χ4v) is 13.1. The third-order valence-electron chi connectivity index (χ3n) is 19.8. The Labute approximate surface area is 589 Å². The van der Waals surface area contributed by atoms with Crippen molar-refractivity contribution in [1.82, 2.24) is 54.7 Å². The van der Waals surface area contributed by atoms with Crippen LogP contribution in [0.25, 0.3) is 22.8 Å². The summed E-state index contributed by atoms with van der Waals surface area (Å²) in [4.78, 5) is 33.1. The van der Waals surface area contributed by atoms with E-state index in [4.69, 9.17) is 4.52 Å². The van der Waals surface area contributed by atoms with Gasteiger partial charge in [0.15, 0.2) is 5.82 Å². The molecule has 3 aliphatic rings. The zero-order valence-electron chi connectivity index (χ0n) is 60.3. The van der Waals surface area contributed by atoms with Crippen molar-refractivity contribution in [3.63, 3.8) is 0 Å². The van der Waals surface area contributed by atoms with E-state index >= 15 is 0 Å². The van der Waals surface area contributed by atoms with Crippen LogP contribution in [0.5, 0.6) is 0 Å². The van der Waals surface area contributed by atoms with Gasteiger partial charge in [-0.3, -0.25) is 0 Å². The second kappa shape index (κ2) is 33.7. The first-order valence-corrected chi connectivity index (χ1v) is 35.0. The first-order chi connectivity index (χ1) is 47.8. The minimum Gasteiger partial charge on any atom is -0.393 e. The van der Waals surface area contributed by atoms with Gasteiger partial charge in [-0.15, -0.1) is 0 Å². The maximum Gasteiger partial charge on any atom is 0.257 e. The third-order valence-corrected chi connectivity index (χ3v) is 19.8. The molecule has 0 radical (unpaired) electrons. The molecule has 0 aliphatic heterocycles. The molecule has 526 valence electrons. The molecule has 3 saturated carbocycles. The molecule has 8 aromatic rings. The molecule has 5 aromatic heterocycles. The fourth-order valence-electron chi connectivity index (χ4n) is 13.1. The lowest BCUT2D eigenvalue weighted by Gasteiger charge is -2.41. The summed E-state index contributed by atoms with van der Waals surface area (Å²) in [5.41, 5.74) is 11.0. The number of nitrogens with zero attached hydrogens (tertiary/aromatic N) is 14. The molecule has 23 nitrogen and oxygen atoms in total. The van der Waals surface area contributed by atoms with E-state index in [9.17, 15) is 26.0 Å². The normalized spacial score (nSPS) is 19.5. The highest BCUT2D eigenvalue weighted by molar-refractivity contribution is 5.62. The molecule has 0 amide bonds. The summed E-state index contributed by atoms with van der Waals surface area (Å²) in [5, 5.41) is 77.6. The lowest BCUT2D eigenvalue weighted by molar-refractivity contribution is 0.00924. The number of nitrogens with one attached hydrogen (secondary N) is 6. The number of nitriles is 3. The Morgan fingerprint density at radius 2 is 1.05 bits per heavy atom. The first kappa shape index (κ1) is 74.2. The maximum atomic E-state index is 10.2. The highest BCUT2D eigenvalue weighted by Crippen LogP contribution is 2.42. The van der Waals surface area contributed by atoms with Gasteiger partial charge in [0.05, 0.1) is 42.2 Å². The molecular formula is C77H100N20O3. The summed E-state index contributed by atoms with van der Waals surface area (Å²) in [7, 11) is 3.97. The molecule has 23 heteroatoms. The van der Waals surface area contributed by atoms with E-state index in [1.165, 1.54) is 23.1 Å². The van der Waals surface area contributed by atoms with E-state index in [0.717, 1.165) is 111 Å². The number of hydrogen-bond acceptors (Lipinski definition) is 22. The third kappa shape index (κ3) is 20.1. The van der Waals surface area contributed by atoms with E-state index in [2.05, 4.69) is 218 Å². The summed E-state index contributed by atoms with van der Waals surface area (Å²) in [6.07, 6.45) is 15.4. The Bertz CT molecular complexity index is 4160. The maximum absolute atomic E-state index is 10.2. The van der Waals surface area contributed by atoms with Gasteiger partial charge in [0, 0.05) is 75.2 Å². The number of anilines is 6. The van der Waals surface area contributed by atoms with Crippen molar-refractivity contribution in [1.29, 1.82) is 15.8 Å². The van der Waals surface area contributed by atoms with Gasteiger partial charge in [-0.2, -0.15) is 40.8 Å². The summed E-state index contributed by atoms with van der Waals surface area (Å²) in [6, 6.07) is 34.1. The molecule has 0 saturated heterocycles. The molecular weight excluding hydrogens is 1250 g/mol. The standard InChI is InChI=1S/2C26H33N7O.C25H34N6O/c1-17-13-18(2)33(32-17)22-8-5-19(6-9-22)11-12-28-25-29-16-20(15-27)24(31-25)30-21-7-10-23(34)26(3,4)14-21;1-5-22-31-24(34-33-22)19-9-7-18(8-10-19)12-13-28-25-29-16-20(15-27)23(32-25)30-21-11-6-17(2)26(3,4)14-21;1-17(31(4)5)19-8-6-7-18(13-19)11-12-27-24-28-16-20(15-26)23(30-24)29-21-9-10-22(32)25(2,3)14-21/h5-6,8-9,13,16,21,23,34H,7,10-12,14H2,1-4H3,(H2,28,29,30,31);7-10,16-17,21H,5-6,11-14H2,1-4H3,(H2,28,29,30,32);6-8,13,16,21-22,32H,1,9-12,14H2,2-5H3,(H2,27,28,29,30)/t21-,23+;17-,21+;21-,22+/m101/s1. The molecule has 0 spiro atoms. The Morgan fingerprint density at radius 3 is 1.46 bits per heavy atom. The highest BCUT2D eigenvalue weighted by atomic mass is 16.5. The summed E-state index contributed by atoms with van der Waals surface area (Å²) >= 11 is 0. The zero-order valence-corrected chi connectivity index (χ0v) is 60.3. The van der Waals surface area contributed by atoms with Crippen LogP contribution in [-0.2, 0) is 25.7 Å². The molecule has 3 aromatic carbocycles. The monoisotopic (exact) mass is 1350 g/mol. The van der Waals surface area contributed by atoms with Gasteiger partial charge in [0.25, 0.3) is 5.89 Å². The van der Waals surface area contributed by atoms with Crippen molar-refractivity contribution >= 4 is 41.0 Å². The van der Waals surface area contributed by atoms with E-state index in [-0.39, 0.29) is 40.5 Å². The van der Waals surface area contributed by atoms with Gasteiger partial charge in [0.1, 0.15) is 52.4 Å². The Balaban J connectivity index is 0.000000175. The Morgan fingerprint density at radius 1 is 0.600 bits per heavy atom. The SMILES string of the molecule is C=C(c1cccc(CCNc2ncc(C#N)c(N[C@@H]3CC[C@H](O)C(C)(C)C3)n2)c1)N(C)C.CCc1noc(-c2ccc(CCNc3ncc(C#N)c(N[C@@H]4CC[C@H](C)C(C)(C)C4)n3)cc2)n1.Cc1cc(C)n(-c2ccc(CCNc3ncc(C#N)c(N[C@@H]4CC[C@H](O)C(C)(C)C4)n3)cc2)n1. The number of aromatic nitrogens is 10. The second-order valence-corrected chi connectivity index (χ2v) is 29.1. The van der Waals surface area contributed by atoms with Crippen molar-refractivity contribution in [2.24, 2.45) is 22.2 Å². The highest BCUT2D eigenvalue weighted by Gasteiger charge is 2.38. The van der Waals surface area contributed by atoms with Crippen molar-refractivity contribution in [3.8, 4) is 35.3 Å². The van der Waals surface area contributed by atoms with Gasteiger partial charge < -0.3 is 51.5 Å². The van der Waals surface area contributed by atoms with Crippen LogP contribution in [0.4, 0.5) is 35.3 Å². The van der Waals surface area contributed by atoms with Gasteiger partial charge >= 0.3 is 0 Å². The average Bonchev–Trinajstić information content (AvgIpc) is 1.13. The smallest absolute Gasteiger partial charge is 0.257 e. The van der Waals surface area contributed by atoms with Crippen molar-refractivity contribution in [2.75, 3.05) is 65.6 Å². The molecule has 3 fully saturated rings. The first-order valence-electron chi connectivity index (χ1n) is 35.0. The second-order valence-electron chi connectivity index (χ2n) is 29.1. The van der Waals surface area contributed by atoms with Gasteiger partial charge in [-0.1, -0.05) is 110 Å². The Hall–Kier alpha value is -10.0. The van der Waals surface area contributed by atoms with Crippen LogP contribution >= 0.6 is 0 Å². The number of aliphatic hydroxyl groups is 2. The minimum atomic E-state index is -0.301. The molecule has 3 aliphatic carbocycles. The summed E-state index contributed by atoms with van der Waals surface area (Å²) in [6.45, 7) is 27.5. The molecule has 11 rings (SSSR count). The van der Waals surface area contributed by atoms with Crippen LogP contribution < -0.4 is 31.9 Å². The summed E-state index contributed by atoms with van der Waals surface area (Å²) < 4.78 is 7.25. The molecule has 8 N–H and O–H groups in total. The average molecular weight is 1350 g/mol. The molecule has 5 heterocycles. The number of hydrogen-bond donors (Lipinski definition) is 8. The van der Waals surface area contributed by atoms with Crippen LogP contribution in [-0.4, -0.2) is 129 Å². The molecule has 0 bridgehead atoms. The van der Waals surface area contributed by atoms with Crippen molar-refractivity contribution in [3.05, 3.63) is 160 Å². The van der Waals surface area contributed by atoms with Gasteiger partial charge in [-0.05, 0) is 172 Å². The molecule has 0 unspecified atom stereocenters. The van der Waals surface area contributed by atoms with E-state index < -0.39 is 0 Å². The van der Waals surface area contributed by atoms with E-state index in [0.29, 0.717) is 95.3 Å². The lowest BCUT2D eigenvalue weighted by atomic mass is 9.68. The largest absolute Gasteiger partial charge is 0.393 e. The van der Waals surface area contributed by atoms with Crippen molar-refractivity contribution < 1.29 is 14.7 Å². The zero-order chi connectivity index (χ0) is 71.7. The fraction of sp³-hybridized carbons (Fsp3) is 0.481. The number of aliphatic hydroxyl groups excluding tert-OH is 2. The van der Waals surface area contributed by atoms with Gasteiger partial charge in [-0.25, -0.2) is 19.6 Å². The number of aryl methyl sites for hydroxylation is 3. The van der Waals surface area contributed by atoms with Crippen LogP contribution in [0.1, 0.15) is 169 Å². The predicted molar refractivity (Wildman–Crippen MR) is 394 cm³/mol. The topological polar surface area (TPSA) is 321 Å². The quantitative estimate of drug-likeness (QED) is 0.0295. The molecule has 6 atom stereocenters. The minimum absolute atomic E-state index is 0.161. The van der Waals surface area contributed by atoms with E-state index in [1.54, 1.807) is 18.6 Å². The van der Waals surface area contributed by atoms with Crippen LogP contribution in [0.15, 0.2) is 109 Å². The van der Waals surface area contributed by atoms with Crippen LogP contribution in [0.3, 0.4) is 0 Å². The van der Waals surface area contributed by atoms with Crippen LogP contribution in [0, 0.1) is 70.0 Å². The van der Waals surface area contributed by atoms with Crippen molar-refractivity contribution in [2.45, 2.75) is 183 Å². The number of benzene rings is 3. The molecule has 100 heavy (non-hydrogen) atoms. The van der Waals surface area contributed by atoms with E-state index in [1.807, 2.05) is 55.7 Å². The predicted octanol–water partition coefficient (Wildman–Crippen LogP) is 13.3. The van der Waals surface area contributed by atoms with Gasteiger partial charge in [0.2, 0.25) is 17.8 Å². The van der Waals surface area contributed by atoms with Crippen LogP contribution in [0.2, 0.25) is 0 Å². The Kier molecular flexibility index (Phi) is 25.0.